The summed E-state index contributed by atoms with van der Waals surface area (Å²) in [6.07, 6.45) is 0.977. The van der Waals surface area contributed by atoms with E-state index in [4.69, 9.17) is 0 Å². The van der Waals surface area contributed by atoms with Crippen molar-refractivity contribution in [3.05, 3.63) is 46.2 Å². The zero-order valence-electron chi connectivity index (χ0n) is 12.9. The van der Waals surface area contributed by atoms with Crippen molar-refractivity contribution >= 4 is 17.3 Å². The van der Waals surface area contributed by atoms with Crippen molar-refractivity contribution in [3.8, 4) is 11.1 Å². The lowest BCUT2D eigenvalue weighted by atomic mass is 10.0. The monoisotopic (exact) mass is 319 g/mol. The summed E-state index contributed by atoms with van der Waals surface area (Å²) >= 11 is 1.76. The smallest absolute Gasteiger partial charge is 0.315 e. The highest BCUT2D eigenvalue weighted by molar-refractivity contribution is 7.10. The number of benzene rings is 1. The fourth-order valence-corrected chi connectivity index (χ4v) is 2.98. The summed E-state index contributed by atoms with van der Waals surface area (Å²) in [6, 6.07) is 10.5. The van der Waals surface area contributed by atoms with Gasteiger partial charge in [-0.1, -0.05) is 24.3 Å². The van der Waals surface area contributed by atoms with Crippen molar-refractivity contribution in [1.82, 2.24) is 5.32 Å². The molecule has 0 aliphatic heterocycles. The van der Waals surface area contributed by atoms with Crippen LogP contribution in [0.5, 0.6) is 0 Å². The molecule has 0 radical (unpaired) electrons. The van der Waals surface area contributed by atoms with Crippen LogP contribution in [0.3, 0.4) is 0 Å². The zero-order valence-corrected chi connectivity index (χ0v) is 13.7. The molecule has 0 amide bonds. The summed E-state index contributed by atoms with van der Waals surface area (Å²) in [6.45, 7) is 3.04. The highest BCUT2D eigenvalue weighted by Gasteiger charge is 2.06. The second-order valence-corrected chi connectivity index (χ2v) is 5.89. The van der Waals surface area contributed by atoms with Gasteiger partial charge in [-0.25, -0.2) is 4.79 Å². The highest BCUT2D eigenvalue weighted by atomic mass is 32.1. The first-order chi connectivity index (χ1) is 10.7. The largest absolute Gasteiger partial charge is 0.342 e. The highest BCUT2D eigenvalue weighted by Crippen LogP contribution is 2.26. The van der Waals surface area contributed by atoms with E-state index in [2.05, 4.69) is 50.8 Å². The van der Waals surface area contributed by atoms with Crippen molar-refractivity contribution in [2.24, 2.45) is 0 Å². The van der Waals surface area contributed by atoms with Crippen LogP contribution in [0.2, 0.25) is 0 Å². The molecule has 0 bridgehead atoms. The van der Waals surface area contributed by atoms with E-state index in [0.29, 0.717) is 19.4 Å². The second-order valence-electron chi connectivity index (χ2n) is 4.89. The standard InChI is InChI=1S/C17H21NO3S/c1-3-20-21-17(19)9-6-13-4-7-14(8-5-13)15-10-16(11-18-2)22-12-15/h4-5,7-8,10,12,18H,3,6,9,11H2,1-2H3. The average molecular weight is 319 g/mol. The molecular weight excluding hydrogens is 298 g/mol. The van der Waals surface area contributed by atoms with Gasteiger partial charge in [-0.15, -0.1) is 11.3 Å². The molecular formula is C17H21NO3S. The van der Waals surface area contributed by atoms with E-state index in [9.17, 15) is 4.79 Å². The van der Waals surface area contributed by atoms with Gasteiger partial charge in [-0.05, 0) is 48.5 Å². The minimum absolute atomic E-state index is 0.324. The molecule has 1 aromatic heterocycles. The Labute approximate surface area is 135 Å². The lowest BCUT2D eigenvalue weighted by molar-refractivity contribution is -0.269. The molecule has 0 spiro atoms. The third-order valence-corrected chi connectivity index (χ3v) is 4.12. The van der Waals surface area contributed by atoms with Gasteiger partial charge in [0.15, 0.2) is 0 Å². The average Bonchev–Trinajstić information content (AvgIpc) is 3.00. The number of nitrogens with one attached hydrogen (secondary N) is 1. The van der Waals surface area contributed by atoms with Crippen LogP contribution in [0.1, 0.15) is 23.8 Å². The fraction of sp³-hybridized carbons (Fsp3) is 0.353. The van der Waals surface area contributed by atoms with E-state index in [1.165, 1.54) is 16.0 Å². The summed E-state index contributed by atoms with van der Waals surface area (Å²) in [5.74, 6) is -0.333. The van der Waals surface area contributed by atoms with Gasteiger partial charge in [0.2, 0.25) is 0 Å². The third kappa shape index (κ3) is 4.94. The van der Waals surface area contributed by atoms with Crippen LogP contribution in [0.4, 0.5) is 0 Å². The Morgan fingerprint density at radius 1 is 1.23 bits per heavy atom. The molecule has 5 heteroatoms. The Kier molecular flexibility index (Phi) is 6.58. The Hall–Kier alpha value is -1.69. The number of carbonyl (C=O) groups excluding carboxylic acids is 1. The quantitative estimate of drug-likeness (QED) is 0.597. The summed E-state index contributed by atoms with van der Waals surface area (Å²) in [5.41, 5.74) is 3.54. The first kappa shape index (κ1) is 16.7. The molecule has 1 N–H and O–H groups in total. The maximum absolute atomic E-state index is 11.4. The van der Waals surface area contributed by atoms with Crippen molar-refractivity contribution < 1.29 is 14.6 Å². The van der Waals surface area contributed by atoms with Gasteiger partial charge in [0.05, 0.1) is 13.0 Å². The predicted octanol–water partition coefficient (Wildman–Crippen LogP) is 3.56. The summed E-state index contributed by atoms with van der Waals surface area (Å²) in [5, 5.41) is 5.32. The van der Waals surface area contributed by atoms with Crippen molar-refractivity contribution in [2.45, 2.75) is 26.3 Å². The molecule has 22 heavy (non-hydrogen) atoms. The van der Waals surface area contributed by atoms with Crippen molar-refractivity contribution in [1.29, 1.82) is 0 Å². The predicted molar refractivity (Wildman–Crippen MR) is 88.6 cm³/mol. The van der Waals surface area contributed by atoms with Crippen LogP contribution >= 0.6 is 11.3 Å². The van der Waals surface area contributed by atoms with E-state index in [0.717, 1.165) is 12.1 Å². The van der Waals surface area contributed by atoms with Crippen LogP contribution in [-0.2, 0) is 27.5 Å². The summed E-state index contributed by atoms with van der Waals surface area (Å²) in [7, 11) is 1.95. The molecule has 1 heterocycles. The third-order valence-electron chi connectivity index (χ3n) is 3.18. The van der Waals surface area contributed by atoms with Crippen LogP contribution < -0.4 is 5.32 Å². The van der Waals surface area contributed by atoms with Crippen LogP contribution in [0.15, 0.2) is 35.7 Å². The first-order valence-corrected chi connectivity index (χ1v) is 8.24. The molecule has 0 aliphatic rings. The molecule has 0 saturated heterocycles. The molecule has 2 rings (SSSR count). The SMILES string of the molecule is CCOOC(=O)CCc1ccc(-c2csc(CNC)c2)cc1. The van der Waals surface area contributed by atoms with E-state index < -0.39 is 0 Å². The Balaban J connectivity index is 1.90. The molecule has 1 aromatic carbocycles. The van der Waals surface area contributed by atoms with Gasteiger partial charge in [0.1, 0.15) is 0 Å². The number of aryl methyl sites for hydroxylation is 1. The maximum Gasteiger partial charge on any atom is 0.342 e. The molecule has 2 aromatic rings. The van der Waals surface area contributed by atoms with Crippen LogP contribution in [-0.4, -0.2) is 19.6 Å². The molecule has 4 nitrogen and oxygen atoms in total. The summed E-state index contributed by atoms with van der Waals surface area (Å²) < 4.78 is 0. The lowest BCUT2D eigenvalue weighted by Crippen LogP contribution is -2.06. The van der Waals surface area contributed by atoms with Crippen molar-refractivity contribution in [3.63, 3.8) is 0 Å². The van der Waals surface area contributed by atoms with E-state index >= 15 is 0 Å². The number of hydrogen-bond acceptors (Lipinski definition) is 5. The van der Waals surface area contributed by atoms with Gasteiger partial charge in [0.25, 0.3) is 0 Å². The first-order valence-electron chi connectivity index (χ1n) is 7.36. The molecule has 0 atom stereocenters. The minimum atomic E-state index is -0.333. The number of thiophene rings is 1. The van der Waals surface area contributed by atoms with E-state index in [1.807, 2.05) is 7.05 Å². The van der Waals surface area contributed by atoms with Gasteiger partial charge < -0.3 is 5.32 Å². The summed E-state index contributed by atoms with van der Waals surface area (Å²) in [4.78, 5) is 21.9. The van der Waals surface area contributed by atoms with Crippen LogP contribution in [0, 0.1) is 0 Å². The number of hydrogen-bond donors (Lipinski definition) is 1. The topological polar surface area (TPSA) is 47.6 Å². The molecule has 0 fully saturated rings. The maximum atomic E-state index is 11.4. The normalized spacial score (nSPS) is 10.6. The molecule has 0 saturated carbocycles. The van der Waals surface area contributed by atoms with Gasteiger partial charge in [0, 0.05) is 11.4 Å². The van der Waals surface area contributed by atoms with E-state index in [1.54, 1.807) is 18.3 Å². The molecule has 0 aliphatic carbocycles. The zero-order chi connectivity index (χ0) is 15.8. The van der Waals surface area contributed by atoms with E-state index in [-0.39, 0.29) is 5.97 Å². The lowest BCUT2D eigenvalue weighted by Gasteiger charge is -2.03. The molecule has 118 valence electrons. The number of rotatable bonds is 8. The van der Waals surface area contributed by atoms with Gasteiger partial charge in [-0.2, -0.15) is 4.89 Å². The van der Waals surface area contributed by atoms with Crippen molar-refractivity contribution in [2.75, 3.05) is 13.7 Å². The Bertz CT molecular complexity index is 592. The molecule has 0 unspecified atom stereocenters. The fourth-order valence-electron chi connectivity index (χ4n) is 2.08. The van der Waals surface area contributed by atoms with Crippen LogP contribution in [0.25, 0.3) is 11.1 Å². The Morgan fingerprint density at radius 2 is 2.00 bits per heavy atom. The number of carbonyl (C=O) groups is 1. The minimum Gasteiger partial charge on any atom is -0.315 e. The van der Waals surface area contributed by atoms with Gasteiger partial charge >= 0.3 is 5.97 Å². The Morgan fingerprint density at radius 3 is 2.68 bits per heavy atom. The van der Waals surface area contributed by atoms with Gasteiger partial charge in [-0.3, -0.25) is 4.89 Å². The second kappa shape index (κ2) is 8.68.